The third-order valence-corrected chi connectivity index (χ3v) is 5.28. The molecule has 2 aliphatic rings. The van der Waals surface area contributed by atoms with Crippen molar-refractivity contribution in [2.75, 3.05) is 12.1 Å². The molecule has 0 unspecified atom stereocenters. The summed E-state index contributed by atoms with van der Waals surface area (Å²) in [7, 11) is 0. The molecule has 4 rings (SSSR count). The van der Waals surface area contributed by atoms with Gasteiger partial charge in [0, 0.05) is 13.0 Å². The smallest absolute Gasteiger partial charge is 0.253 e. The van der Waals surface area contributed by atoms with Crippen molar-refractivity contribution in [2.24, 2.45) is 5.92 Å². The number of hydrogen-bond acceptors (Lipinski definition) is 4. The Kier molecular flexibility index (Phi) is 5.46. The van der Waals surface area contributed by atoms with Crippen LogP contribution >= 0.6 is 0 Å². The van der Waals surface area contributed by atoms with Gasteiger partial charge in [-0.3, -0.25) is 9.59 Å². The van der Waals surface area contributed by atoms with Gasteiger partial charge in [0.2, 0.25) is 12.7 Å². The minimum atomic E-state index is -0.227. The third-order valence-electron chi connectivity index (χ3n) is 5.28. The van der Waals surface area contributed by atoms with Crippen LogP contribution in [0.5, 0.6) is 11.5 Å². The molecule has 0 atom stereocenters. The van der Waals surface area contributed by atoms with Crippen LogP contribution in [-0.4, -0.2) is 18.6 Å². The van der Waals surface area contributed by atoms with E-state index in [0.29, 0.717) is 41.6 Å². The van der Waals surface area contributed by atoms with E-state index in [9.17, 15) is 9.59 Å². The Morgan fingerprint density at radius 1 is 1.00 bits per heavy atom. The maximum Gasteiger partial charge on any atom is 0.253 e. The van der Waals surface area contributed by atoms with Gasteiger partial charge in [0.25, 0.3) is 5.91 Å². The van der Waals surface area contributed by atoms with Crippen LogP contribution in [0.15, 0.2) is 42.5 Å². The Morgan fingerprint density at radius 3 is 2.64 bits per heavy atom. The Morgan fingerprint density at radius 2 is 1.79 bits per heavy atom. The van der Waals surface area contributed by atoms with E-state index in [4.69, 9.17) is 9.47 Å². The topological polar surface area (TPSA) is 76.7 Å². The van der Waals surface area contributed by atoms with Gasteiger partial charge in [0.05, 0.1) is 11.3 Å². The molecule has 1 aliphatic heterocycles. The maximum atomic E-state index is 12.7. The molecule has 2 N–H and O–H groups in total. The van der Waals surface area contributed by atoms with Gasteiger partial charge in [-0.25, -0.2) is 0 Å². The van der Waals surface area contributed by atoms with Crippen molar-refractivity contribution in [3.63, 3.8) is 0 Å². The maximum absolute atomic E-state index is 12.7. The Hall–Kier alpha value is -3.02. The Labute approximate surface area is 164 Å². The Bertz CT molecular complexity index is 875. The summed E-state index contributed by atoms with van der Waals surface area (Å²) in [4.78, 5) is 25.0. The van der Waals surface area contributed by atoms with E-state index >= 15 is 0 Å². The second-order valence-electron chi connectivity index (χ2n) is 7.32. The summed E-state index contributed by atoms with van der Waals surface area (Å²) in [6.07, 6.45) is 5.16. The van der Waals surface area contributed by atoms with Gasteiger partial charge in [-0.15, -0.1) is 0 Å². The lowest BCUT2D eigenvalue weighted by Gasteiger charge is -2.13. The molecule has 0 aromatic heterocycles. The number of nitrogens with one attached hydrogen (secondary N) is 2. The minimum Gasteiger partial charge on any atom is -0.454 e. The summed E-state index contributed by atoms with van der Waals surface area (Å²) >= 11 is 0. The summed E-state index contributed by atoms with van der Waals surface area (Å²) < 4.78 is 10.7. The first kappa shape index (κ1) is 18.3. The molecule has 1 heterocycles. The summed E-state index contributed by atoms with van der Waals surface area (Å²) in [5, 5.41) is 5.82. The number of benzene rings is 2. The number of amides is 2. The summed E-state index contributed by atoms with van der Waals surface area (Å²) in [6, 6.07) is 12.7. The number of anilines is 1. The van der Waals surface area contributed by atoms with Crippen LogP contribution in [0.2, 0.25) is 0 Å². The minimum absolute atomic E-state index is 0.0251. The zero-order valence-electron chi connectivity index (χ0n) is 15.7. The monoisotopic (exact) mass is 380 g/mol. The molecule has 146 valence electrons. The van der Waals surface area contributed by atoms with Crippen molar-refractivity contribution in [3.05, 3.63) is 53.6 Å². The SMILES string of the molecule is O=C(CC1CCCC1)Nc1ccccc1C(=O)NCc1ccc2c(c1)OCO2. The van der Waals surface area contributed by atoms with Crippen LogP contribution in [0.4, 0.5) is 5.69 Å². The molecule has 2 aromatic rings. The molecule has 6 nitrogen and oxygen atoms in total. The second kappa shape index (κ2) is 8.33. The summed E-state index contributed by atoms with van der Waals surface area (Å²) in [5.74, 6) is 1.61. The molecular formula is C22H24N2O4. The number of carbonyl (C=O) groups is 2. The summed E-state index contributed by atoms with van der Waals surface area (Å²) in [6.45, 7) is 0.582. The molecule has 1 saturated carbocycles. The van der Waals surface area contributed by atoms with E-state index in [1.165, 1.54) is 12.8 Å². The lowest BCUT2D eigenvalue weighted by Crippen LogP contribution is -2.25. The predicted molar refractivity (Wildman–Crippen MR) is 105 cm³/mol. The second-order valence-corrected chi connectivity index (χ2v) is 7.32. The zero-order chi connectivity index (χ0) is 19.3. The Balaban J connectivity index is 1.38. The van der Waals surface area contributed by atoms with Crippen molar-refractivity contribution < 1.29 is 19.1 Å². The first-order chi connectivity index (χ1) is 13.7. The molecule has 0 bridgehead atoms. The number of fused-ring (bicyclic) bond motifs is 1. The van der Waals surface area contributed by atoms with Crippen LogP contribution < -0.4 is 20.1 Å². The van der Waals surface area contributed by atoms with Crippen LogP contribution in [-0.2, 0) is 11.3 Å². The fourth-order valence-corrected chi connectivity index (χ4v) is 3.80. The number of para-hydroxylation sites is 1. The van der Waals surface area contributed by atoms with E-state index in [0.717, 1.165) is 18.4 Å². The van der Waals surface area contributed by atoms with E-state index in [1.54, 1.807) is 18.2 Å². The molecule has 0 spiro atoms. The third kappa shape index (κ3) is 4.27. The highest BCUT2D eigenvalue weighted by Gasteiger charge is 2.20. The lowest BCUT2D eigenvalue weighted by atomic mass is 10.0. The average molecular weight is 380 g/mol. The van der Waals surface area contributed by atoms with Crippen LogP contribution in [0, 0.1) is 5.92 Å². The number of rotatable bonds is 6. The number of hydrogen-bond donors (Lipinski definition) is 2. The molecular weight excluding hydrogens is 356 g/mol. The highest BCUT2D eigenvalue weighted by Crippen LogP contribution is 2.32. The average Bonchev–Trinajstić information content (AvgIpc) is 3.37. The molecule has 28 heavy (non-hydrogen) atoms. The lowest BCUT2D eigenvalue weighted by molar-refractivity contribution is -0.117. The van der Waals surface area contributed by atoms with Gasteiger partial charge < -0.3 is 20.1 Å². The van der Waals surface area contributed by atoms with Gasteiger partial charge >= 0.3 is 0 Å². The van der Waals surface area contributed by atoms with Crippen LogP contribution in [0.25, 0.3) is 0 Å². The number of carbonyl (C=O) groups excluding carboxylic acids is 2. The first-order valence-electron chi connectivity index (χ1n) is 9.74. The van der Waals surface area contributed by atoms with Crippen molar-refractivity contribution >= 4 is 17.5 Å². The molecule has 1 fully saturated rings. The van der Waals surface area contributed by atoms with Crippen LogP contribution in [0.1, 0.15) is 48.0 Å². The standard InChI is InChI=1S/C22H24N2O4/c25-21(12-15-5-1-2-6-15)24-18-8-4-3-7-17(18)22(26)23-13-16-9-10-19-20(11-16)28-14-27-19/h3-4,7-11,15H,1-2,5-6,12-14H2,(H,23,26)(H,24,25). The first-order valence-corrected chi connectivity index (χ1v) is 9.74. The van der Waals surface area contributed by atoms with Gasteiger partial charge in [-0.05, 0) is 48.6 Å². The fraction of sp³-hybridized carbons (Fsp3) is 0.364. The molecule has 1 aliphatic carbocycles. The summed E-state index contributed by atoms with van der Waals surface area (Å²) in [5.41, 5.74) is 1.93. The molecule has 2 amide bonds. The quantitative estimate of drug-likeness (QED) is 0.798. The normalized spacial score (nSPS) is 15.4. The van der Waals surface area contributed by atoms with Crippen molar-refractivity contribution in [1.82, 2.24) is 5.32 Å². The van der Waals surface area contributed by atoms with Gasteiger partial charge in [-0.2, -0.15) is 0 Å². The predicted octanol–water partition coefficient (Wildman–Crippen LogP) is 3.86. The van der Waals surface area contributed by atoms with E-state index in [-0.39, 0.29) is 18.6 Å². The zero-order valence-corrected chi connectivity index (χ0v) is 15.7. The molecule has 2 aromatic carbocycles. The van der Waals surface area contributed by atoms with Crippen molar-refractivity contribution in [2.45, 2.75) is 38.6 Å². The van der Waals surface area contributed by atoms with Crippen molar-refractivity contribution in [1.29, 1.82) is 0 Å². The van der Waals surface area contributed by atoms with E-state index in [2.05, 4.69) is 10.6 Å². The highest BCUT2D eigenvalue weighted by molar-refractivity contribution is 6.03. The van der Waals surface area contributed by atoms with Gasteiger partial charge in [0.15, 0.2) is 11.5 Å². The van der Waals surface area contributed by atoms with E-state index in [1.807, 2.05) is 24.3 Å². The highest BCUT2D eigenvalue weighted by atomic mass is 16.7. The van der Waals surface area contributed by atoms with Crippen LogP contribution in [0.3, 0.4) is 0 Å². The molecule has 0 radical (unpaired) electrons. The fourth-order valence-electron chi connectivity index (χ4n) is 3.80. The van der Waals surface area contributed by atoms with E-state index < -0.39 is 0 Å². The number of ether oxygens (including phenoxy) is 2. The van der Waals surface area contributed by atoms with Gasteiger partial charge in [-0.1, -0.05) is 31.0 Å². The van der Waals surface area contributed by atoms with Gasteiger partial charge in [0.1, 0.15) is 0 Å². The molecule has 0 saturated heterocycles. The van der Waals surface area contributed by atoms with Crippen molar-refractivity contribution in [3.8, 4) is 11.5 Å². The largest absolute Gasteiger partial charge is 0.454 e. The molecule has 6 heteroatoms.